The number of ether oxygens (including phenoxy) is 1. The van der Waals surface area contributed by atoms with Crippen molar-refractivity contribution in [3.63, 3.8) is 0 Å². The number of hydrogen-bond donors (Lipinski definition) is 1. The molecule has 0 aliphatic heterocycles. The molecule has 2 aromatic rings. The van der Waals surface area contributed by atoms with Gasteiger partial charge in [-0.2, -0.15) is 0 Å². The molecule has 98 valence electrons. The molecule has 0 aliphatic rings. The van der Waals surface area contributed by atoms with Crippen LogP contribution in [0.1, 0.15) is 0 Å². The molecular weight excluding hydrogens is 276 g/mol. The number of aromatic nitrogens is 3. The minimum atomic E-state index is -3.32. The summed E-state index contributed by atoms with van der Waals surface area (Å²) in [7, 11) is -1.72. The molecule has 0 saturated heterocycles. The van der Waals surface area contributed by atoms with Crippen LogP contribution < -0.4 is 5.32 Å². The molecule has 2 aromatic heterocycles. The summed E-state index contributed by atoms with van der Waals surface area (Å²) in [4.78, 5) is 12.0. The van der Waals surface area contributed by atoms with E-state index in [0.717, 1.165) is 17.6 Å². The molecule has 18 heavy (non-hydrogen) atoms. The summed E-state index contributed by atoms with van der Waals surface area (Å²) in [6.07, 6.45) is 2.47. The van der Waals surface area contributed by atoms with E-state index in [1.165, 1.54) is 6.33 Å². The summed E-state index contributed by atoms with van der Waals surface area (Å²) in [6.45, 7) is 1.11. The van der Waals surface area contributed by atoms with Gasteiger partial charge in [0.2, 0.25) is 14.2 Å². The van der Waals surface area contributed by atoms with Crippen LogP contribution in [-0.2, 0) is 14.6 Å². The van der Waals surface area contributed by atoms with Crippen LogP contribution in [0.3, 0.4) is 0 Å². The molecule has 0 saturated carbocycles. The zero-order chi connectivity index (χ0) is 13.2. The standard InChI is InChI=1S/C9H12N4O3S2/c1-16-4-3-10-7-6-8(12-5-11-7)13-9(17-6)18(2,14)15/h5H,3-4H2,1-2H3,(H,10,11,12). The van der Waals surface area contributed by atoms with Crippen molar-refractivity contribution in [2.24, 2.45) is 0 Å². The summed E-state index contributed by atoms with van der Waals surface area (Å²) >= 11 is 1.06. The summed E-state index contributed by atoms with van der Waals surface area (Å²) in [6, 6.07) is 0. The maximum Gasteiger partial charge on any atom is 0.211 e. The fourth-order valence-corrected chi connectivity index (χ4v) is 3.12. The highest BCUT2D eigenvalue weighted by Crippen LogP contribution is 2.28. The number of nitrogens with zero attached hydrogens (tertiary/aromatic N) is 3. The molecule has 0 spiro atoms. The Bertz CT molecular complexity index is 653. The highest BCUT2D eigenvalue weighted by molar-refractivity contribution is 7.92. The second-order valence-corrected chi connectivity index (χ2v) is 6.74. The third kappa shape index (κ3) is 2.74. The Hall–Kier alpha value is -1.32. The lowest BCUT2D eigenvalue weighted by Gasteiger charge is -2.03. The van der Waals surface area contributed by atoms with Crippen LogP contribution in [0.5, 0.6) is 0 Å². The van der Waals surface area contributed by atoms with Gasteiger partial charge in [0.25, 0.3) is 0 Å². The van der Waals surface area contributed by atoms with Crippen LogP contribution in [0.25, 0.3) is 10.3 Å². The molecule has 0 fully saturated rings. The Labute approximate surface area is 108 Å². The first-order valence-corrected chi connectivity index (χ1v) is 7.77. The predicted octanol–water partition coefficient (Wildman–Crippen LogP) is 0.548. The topological polar surface area (TPSA) is 94.1 Å². The van der Waals surface area contributed by atoms with Crippen molar-refractivity contribution < 1.29 is 13.2 Å². The van der Waals surface area contributed by atoms with Gasteiger partial charge in [0.1, 0.15) is 16.8 Å². The van der Waals surface area contributed by atoms with Crippen LogP contribution in [0.4, 0.5) is 5.82 Å². The molecule has 0 bridgehead atoms. The number of thiazole rings is 1. The molecule has 2 rings (SSSR count). The van der Waals surface area contributed by atoms with Crippen LogP contribution in [0.2, 0.25) is 0 Å². The second kappa shape index (κ2) is 5.12. The van der Waals surface area contributed by atoms with E-state index in [2.05, 4.69) is 20.3 Å². The van der Waals surface area contributed by atoms with E-state index in [9.17, 15) is 8.42 Å². The average molecular weight is 288 g/mol. The monoisotopic (exact) mass is 288 g/mol. The highest BCUT2D eigenvalue weighted by atomic mass is 32.2. The first kappa shape index (κ1) is 13.1. The van der Waals surface area contributed by atoms with Crippen molar-refractivity contribution in [1.82, 2.24) is 15.0 Å². The van der Waals surface area contributed by atoms with Gasteiger partial charge in [0.15, 0.2) is 5.65 Å². The van der Waals surface area contributed by atoms with Gasteiger partial charge in [0.05, 0.1) is 6.61 Å². The number of methoxy groups -OCH3 is 1. The lowest BCUT2D eigenvalue weighted by Crippen LogP contribution is -2.08. The van der Waals surface area contributed by atoms with Gasteiger partial charge in [0, 0.05) is 19.9 Å². The molecular formula is C9H12N4O3S2. The maximum atomic E-state index is 11.4. The number of rotatable bonds is 5. The van der Waals surface area contributed by atoms with E-state index in [0.29, 0.717) is 29.3 Å². The minimum Gasteiger partial charge on any atom is -0.383 e. The van der Waals surface area contributed by atoms with Gasteiger partial charge >= 0.3 is 0 Å². The largest absolute Gasteiger partial charge is 0.383 e. The zero-order valence-electron chi connectivity index (χ0n) is 9.87. The van der Waals surface area contributed by atoms with Crippen LogP contribution in [0.15, 0.2) is 10.7 Å². The van der Waals surface area contributed by atoms with E-state index >= 15 is 0 Å². The fourth-order valence-electron chi connectivity index (χ4n) is 1.29. The highest BCUT2D eigenvalue weighted by Gasteiger charge is 2.17. The van der Waals surface area contributed by atoms with Crippen molar-refractivity contribution in [2.75, 3.05) is 31.8 Å². The summed E-state index contributed by atoms with van der Waals surface area (Å²) in [5.41, 5.74) is 0.385. The van der Waals surface area contributed by atoms with Crippen LogP contribution in [-0.4, -0.2) is 49.9 Å². The molecule has 0 radical (unpaired) electrons. The van der Waals surface area contributed by atoms with E-state index in [4.69, 9.17) is 4.74 Å². The average Bonchev–Trinajstić information content (AvgIpc) is 2.73. The molecule has 0 aromatic carbocycles. The summed E-state index contributed by atoms with van der Waals surface area (Å²) < 4.78 is 28.5. The zero-order valence-corrected chi connectivity index (χ0v) is 11.5. The number of hydrogen-bond acceptors (Lipinski definition) is 8. The smallest absolute Gasteiger partial charge is 0.211 e. The van der Waals surface area contributed by atoms with Crippen molar-refractivity contribution in [1.29, 1.82) is 0 Å². The molecule has 1 N–H and O–H groups in total. The Morgan fingerprint density at radius 2 is 2.22 bits per heavy atom. The summed E-state index contributed by atoms with van der Waals surface area (Å²) in [5, 5.41) is 3.05. The Kier molecular flexibility index (Phi) is 3.73. The van der Waals surface area contributed by atoms with E-state index in [1.54, 1.807) is 7.11 Å². The number of fused-ring (bicyclic) bond motifs is 1. The molecule has 0 unspecified atom stereocenters. The van der Waals surface area contributed by atoms with Gasteiger partial charge in [-0.15, -0.1) is 0 Å². The first-order chi connectivity index (χ1) is 8.52. The molecule has 0 amide bonds. The van der Waals surface area contributed by atoms with Gasteiger partial charge < -0.3 is 10.1 Å². The molecule has 0 aliphatic carbocycles. The lowest BCUT2D eigenvalue weighted by atomic mass is 10.5. The van der Waals surface area contributed by atoms with E-state index < -0.39 is 9.84 Å². The van der Waals surface area contributed by atoms with Gasteiger partial charge in [-0.25, -0.2) is 23.4 Å². The van der Waals surface area contributed by atoms with Crippen molar-refractivity contribution >= 4 is 37.3 Å². The Balaban J connectivity index is 2.40. The molecule has 2 heterocycles. The van der Waals surface area contributed by atoms with Crippen molar-refractivity contribution in [3.8, 4) is 0 Å². The Morgan fingerprint density at radius 1 is 1.44 bits per heavy atom. The van der Waals surface area contributed by atoms with Gasteiger partial charge in [-0.3, -0.25) is 0 Å². The predicted molar refractivity (Wildman–Crippen MR) is 68.7 cm³/mol. The van der Waals surface area contributed by atoms with Crippen LogP contribution in [0, 0.1) is 0 Å². The molecule has 9 heteroatoms. The SMILES string of the molecule is COCCNc1ncnc2nc(S(C)(=O)=O)sc12. The fraction of sp³-hybridized carbons (Fsp3) is 0.444. The van der Waals surface area contributed by atoms with Gasteiger partial charge in [-0.1, -0.05) is 11.3 Å². The number of nitrogens with one attached hydrogen (secondary N) is 1. The molecule has 0 atom stereocenters. The van der Waals surface area contributed by atoms with Crippen molar-refractivity contribution in [3.05, 3.63) is 6.33 Å². The van der Waals surface area contributed by atoms with E-state index in [-0.39, 0.29) is 4.34 Å². The van der Waals surface area contributed by atoms with Crippen LogP contribution >= 0.6 is 11.3 Å². The minimum absolute atomic E-state index is 0.0489. The Morgan fingerprint density at radius 3 is 2.89 bits per heavy atom. The molecule has 7 nitrogen and oxygen atoms in total. The van der Waals surface area contributed by atoms with Gasteiger partial charge in [-0.05, 0) is 0 Å². The third-order valence-electron chi connectivity index (χ3n) is 2.09. The quantitative estimate of drug-likeness (QED) is 0.803. The van der Waals surface area contributed by atoms with E-state index in [1.807, 2.05) is 0 Å². The number of anilines is 1. The summed E-state index contributed by atoms with van der Waals surface area (Å²) in [5.74, 6) is 0.574. The maximum absolute atomic E-state index is 11.4. The normalized spacial score (nSPS) is 11.9. The lowest BCUT2D eigenvalue weighted by molar-refractivity contribution is 0.210. The van der Waals surface area contributed by atoms with Crippen molar-refractivity contribution in [2.45, 2.75) is 4.34 Å². The number of sulfone groups is 1. The second-order valence-electron chi connectivity index (χ2n) is 3.55. The first-order valence-electron chi connectivity index (χ1n) is 5.07. The third-order valence-corrected chi connectivity index (χ3v) is 4.82.